The second-order valence-electron chi connectivity index (χ2n) is 2.74. The molecule has 76 valence electrons. The first-order valence-corrected chi connectivity index (χ1v) is 4.90. The Morgan fingerprint density at radius 3 is 2.67 bits per heavy atom. The molecule has 0 radical (unpaired) electrons. The molecule has 0 aliphatic rings. The summed E-state index contributed by atoms with van der Waals surface area (Å²) in [5.74, 6) is 0. The van der Waals surface area contributed by atoms with Gasteiger partial charge in [-0.25, -0.2) is 9.97 Å². The van der Waals surface area contributed by atoms with E-state index in [9.17, 15) is 4.79 Å². The van der Waals surface area contributed by atoms with Crippen LogP contribution in [0.3, 0.4) is 0 Å². The van der Waals surface area contributed by atoms with Gasteiger partial charge in [0.15, 0.2) is 16.6 Å². The van der Waals surface area contributed by atoms with Gasteiger partial charge >= 0.3 is 0 Å². The summed E-state index contributed by atoms with van der Waals surface area (Å²) in [4.78, 5) is 18.4. The summed E-state index contributed by atoms with van der Waals surface area (Å²) in [5.41, 5.74) is 0.456. The van der Waals surface area contributed by atoms with E-state index < -0.39 is 0 Å². The predicted octanol–water partition coefficient (Wildman–Crippen LogP) is 0.569. The van der Waals surface area contributed by atoms with Crippen molar-refractivity contribution >= 4 is 18.0 Å². The van der Waals surface area contributed by atoms with Gasteiger partial charge in [-0.3, -0.25) is 4.79 Å². The number of hydrogen-bond acceptors (Lipinski definition) is 6. The number of carbonyl (C=O) groups excluding carboxylic acids is 1. The van der Waals surface area contributed by atoms with E-state index in [0.717, 1.165) is 0 Å². The summed E-state index contributed by atoms with van der Waals surface area (Å²) in [7, 11) is 1.84. The lowest BCUT2D eigenvalue weighted by Gasteiger charge is -1.97. The molecule has 0 amide bonds. The lowest BCUT2D eigenvalue weighted by atomic mass is 10.4. The van der Waals surface area contributed by atoms with Crippen LogP contribution in [0.15, 0.2) is 29.0 Å². The van der Waals surface area contributed by atoms with E-state index in [1.807, 2.05) is 7.05 Å². The van der Waals surface area contributed by atoms with E-state index in [1.54, 1.807) is 10.9 Å². The van der Waals surface area contributed by atoms with Gasteiger partial charge in [-0.05, 0) is 11.8 Å². The van der Waals surface area contributed by atoms with Gasteiger partial charge in [-0.2, -0.15) is 0 Å². The molecule has 15 heavy (non-hydrogen) atoms. The molecule has 2 aromatic heterocycles. The van der Waals surface area contributed by atoms with Crippen LogP contribution in [0.1, 0.15) is 10.4 Å². The molecule has 0 aliphatic carbocycles. The Morgan fingerprint density at radius 2 is 2.13 bits per heavy atom. The first-order chi connectivity index (χ1) is 7.29. The van der Waals surface area contributed by atoms with Crippen molar-refractivity contribution in [3.63, 3.8) is 0 Å². The standard InChI is InChI=1S/C8H7N5OS/c1-13-5-11-12-8(13)15-7-9-2-6(4-14)3-10-7/h2-5H,1H3. The maximum Gasteiger partial charge on any atom is 0.198 e. The van der Waals surface area contributed by atoms with Crippen molar-refractivity contribution in [1.82, 2.24) is 24.7 Å². The number of nitrogens with zero attached hydrogens (tertiary/aromatic N) is 5. The first-order valence-electron chi connectivity index (χ1n) is 4.08. The smallest absolute Gasteiger partial charge is 0.198 e. The fraction of sp³-hybridized carbons (Fsp3) is 0.125. The lowest BCUT2D eigenvalue weighted by Crippen LogP contribution is -1.93. The van der Waals surface area contributed by atoms with Gasteiger partial charge in [-0.15, -0.1) is 10.2 Å². The fourth-order valence-corrected chi connectivity index (χ4v) is 1.54. The maximum atomic E-state index is 10.4. The monoisotopic (exact) mass is 221 g/mol. The van der Waals surface area contributed by atoms with Crippen molar-refractivity contribution in [1.29, 1.82) is 0 Å². The highest BCUT2D eigenvalue weighted by molar-refractivity contribution is 7.99. The second-order valence-corrected chi connectivity index (χ2v) is 3.68. The van der Waals surface area contributed by atoms with Crippen LogP contribution in [0.2, 0.25) is 0 Å². The molecule has 2 aromatic rings. The molecule has 0 spiro atoms. The Bertz CT molecular complexity index is 466. The Morgan fingerprint density at radius 1 is 1.40 bits per heavy atom. The van der Waals surface area contributed by atoms with Crippen molar-refractivity contribution in [2.75, 3.05) is 0 Å². The van der Waals surface area contributed by atoms with Gasteiger partial charge < -0.3 is 4.57 Å². The van der Waals surface area contributed by atoms with Gasteiger partial charge in [0.25, 0.3) is 0 Å². The normalized spacial score (nSPS) is 10.2. The van der Waals surface area contributed by atoms with Crippen molar-refractivity contribution < 1.29 is 4.79 Å². The summed E-state index contributed by atoms with van der Waals surface area (Å²) in [5, 5.41) is 8.85. The van der Waals surface area contributed by atoms with Crippen molar-refractivity contribution in [2.24, 2.45) is 7.05 Å². The zero-order chi connectivity index (χ0) is 10.7. The molecule has 2 rings (SSSR count). The minimum atomic E-state index is 0.456. The molecule has 6 nitrogen and oxygen atoms in total. The minimum absolute atomic E-state index is 0.456. The van der Waals surface area contributed by atoms with Crippen LogP contribution in [0.4, 0.5) is 0 Å². The molecule has 0 saturated heterocycles. The number of aldehydes is 1. The molecule has 0 atom stereocenters. The zero-order valence-electron chi connectivity index (χ0n) is 7.86. The summed E-state index contributed by atoms with van der Waals surface area (Å²) in [6.07, 6.45) is 5.25. The topological polar surface area (TPSA) is 73.6 Å². The molecule has 0 aliphatic heterocycles. The highest BCUT2D eigenvalue weighted by Gasteiger charge is 2.05. The van der Waals surface area contributed by atoms with Crippen LogP contribution in [0, 0.1) is 0 Å². The second kappa shape index (κ2) is 4.18. The summed E-state index contributed by atoms with van der Waals surface area (Å²) < 4.78 is 1.77. The molecule has 0 N–H and O–H groups in total. The minimum Gasteiger partial charge on any atom is -0.311 e. The number of aromatic nitrogens is 5. The molecule has 0 bridgehead atoms. The third-order valence-corrected chi connectivity index (χ3v) is 2.58. The van der Waals surface area contributed by atoms with Crippen molar-refractivity contribution in [3.05, 3.63) is 24.3 Å². The van der Waals surface area contributed by atoms with E-state index in [2.05, 4.69) is 20.2 Å². The first kappa shape index (κ1) is 9.78. The van der Waals surface area contributed by atoms with Gasteiger partial charge in [0, 0.05) is 19.4 Å². The average molecular weight is 221 g/mol. The van der Waals surface area contributed by atoms with E-state index in [0.29, 0.717) is 22.2 Å². The molecule has 2 heterocycles. The van der Waals surface area contributed by atoms with Crippen LogP contribution in [-0.4, -0.2) is 31.0 Å². The van der Waals surface area contributed by atoms with Gasteiger partial charge in [0.05, 0.1) is 5.56 Å². The molecule has 0 unspecified atom stereocenters. The van der Waals surface area contributed by atoms with E-state index in [1.165, 1.54) is 24.2 Å². The Hall–Kier alpha value is -1.76. The molecular weight excluding hydrogens is 214 g/mol. The molecule has 0 saturated carbocycles. The van der Waals surface area contributed by atoms with E-state index in [-0.39, 0.29) is 0 Å². The highest BCUT2D eigenvalue weighted by atomic mass is 32.2. The Balaban J connectivity index is 2.18. The number of carbonyl (C=O) groups is 1. The highest BCUT2D eigenvalue weighted by Crippen LogP contribution is 2.20. The molecule has 7 heteroatoms. The van der Waals surface area contributed by atoms with Gasteiger partial charge in [0.2, 0.25) is 0 Å². The molecule has 0 aromatic carbocycles. The fourth-order valence-electron chi connectivity index (χ4n) is 0.886. The molecule has 0 fully saturated rings. The number of hydrogen-bond donors (Lipinski definition) is 0. The quantitative estimate of drug-likeness (QED) is 0.557. The van der Waals surface area contributed by atoms with Gasteiger partial charge in [-0.1, -0.05) is 0 Å². The SMILES string of the molecule is Cn1cnnc1Sc1ncc(C=O)cn1. The largest absolute Gasteiger partial charge is 0.311 e. The maximum absolute atomic E-state index is 10.4. The third-order valence-electron chi connectivity index (χ3n) is 1.64. The van der Waals surface area contributed by atoms with Crippen LogP contribution < -0.4 is 0 Å². The zero-order valence-corrected chi connectivity index (χ0v) is 8.68. The number of aryl methyl sites for hydroxylation is 1. The van der Waals surface area contributed by atoms with Crippen LogP contribution >= 0.6 is 11.8 Å². The number of rotatable bonds is 3. The van der Waals surface area contributed by atoms with Crippen molar-refractivity contribution in [3.8, 4) is 0 Å². The summed E-state index contributed by atoms with van der Waals surface area (Å²) in [6.45, 7) is 0. The predicted molar refractivity (Wildman–Crippen MR) is 52.5 cm³/mol. The average Bonchev–Trinajstić information content (AvgIpc) is 2.66. The van der Waals surface area contributed by atoms with E-state index in [4.69, 9.17) is 0 Å². The van der Waals surface area contributed by atoms with Crippen LogP contribution in [0.25, 0.3) is 0 Å². The third kappa shape index (κ3) is 2.18. The lowest BCUT2D eigenvalue weighted by molar-refractivity contribution is 0.112. The van der Waals surface area contributed by atoms with Gasteiger partial charge in [0.1, 0.15) is 6.33 Å². The van der Waals surface area contributed by atoms with E-state index >= 15 is 0 Å². The van der Waals surface area contributed by atoms with Crippen molar-refractivity contribution in [2.45, 2.75) is 10.3 Å². The summed E-state index contributed by atoms with van der Waals surface area (Å²) in [6, 6.07) is 0. The summed E-state index contributed by atoms with van der Waals surface area (Å²) >= 11 is 1.29. The van der Waals surface area contributed by atoms with Crippen LogP contribution in [-0.2, 0) is 7.05 Å². The Labute approximate surface area is 89.8 Å². The molecular formula is C8H7N5OS. The van der Waals surface area contributed by atoms with Crippen LogP contribution in [0.5, 0.6) is 0 Å². The Kier molecular flexibility index (Phi) is 2.72.